The summed E-state index contributed by atoms with van der Waals surface area (Å²) in [5.74, 6) is 0.460. The van der Waals surface area contributed by atoms with Crippen LogP contribution in [0, 0.1) is 0 Å². The van der Waals surface area contributed by atoms with E-state index in [1.165, 1.54) is 4.90 Å². The minimum Gasteiger partial charge on any atom is -0.493 e. The summed E-state index contributed by atoms with van der Waals surface area (Å²) < 4.78 is 11.0. The Kier molecular flexibility index (Phi) is 4.54. The molecule has 1 fully saturated rings. The molecule has 0 spiro atoms. The van der Waals surface area contributed by atoms with Gasteiger partial charge in [0.05, 0.1) is 7.11 Å². The number of ether oxygens (including phenoxy) is 1. The fraction of sp³-hybridized carbons (Fsp3) is 0.238. The molecule has 0 N–H and O–H groups in total. The van der Waals surface area contributed by atoms with Gasteiger partial charge in [0.15, 0.2) is 17.1 Å². The molecule has 0 radical (unpaired) electrons. The zero-order valence-corrected chi connectivity index (χ0v) is 15.1. The highest BCUT2D eigenvalue weighted by Crippen LogP contribution is 2.29. The Morgan fingerprint density at radius 1 is 1.11 bits per heavy atom. The Hall–Kier alpha value is -3.28. The lowest BCUT2D eigenvalue weighted by molar-refractivity contribution is -0.135. The number of amides is 2. The van der Waals surface area contributed by atoms with Crippen molar-refractivity contribution in [3.05, 3.63) is 65.9 Å². The van der Waals surface area contributed by atoms with E-state index >= 15 is 0 Å². The zero-order chi connectivity index (χ0) is 18.8. The quantitative estimate of drug-likeness (QED) is 0.714. The fourth-order valence-electron chi connectivity index (χ4n) is 3.31. The van der Waals surface area contributed by atoms with Crippen LogP contribution in [0.3, 0.4) is 0 Å². The van der Waals surface area contributed by atoms with Gasteiger partial charge < -0.3 is 19.0 Å². The maximum Gasteiger partial charge on any atom is 0.290 e. The molecule has 1 aliphatic heterocycles. The first-order valence-electron chi connectivity index (χ1n) is 8.83. The molecule has 1 aliphatic rings. The normalized spacial score (nSPS) is 14.6. The van der Waals surface area contributed by atoms with Gasteiger partial charge in [-0.05, 0) is 17.7 Å². The summed E-state index contributed by atoms with van der Waals surface area (Å²) in [5.41, 5.74) is 1.62. The van der Waals surface area contributed by atoms with E-state index in [-0.39, 0.29) is 24.1 Å². The van der Waals surface area contributed by atoms with E-state index in [0.29, 0.717) is 31.0 Å². The molecule has 6 nitrogen and oxygen atoms in total. The first-order chi connectivity index (χ1) is 13.2. The SMILES string of the molecule is COc1cccc2cc(C(=O)N3CCN(Cc4ccccc4)C(=O)C3)oc12. The first kappa shape index (κ1) is 17.1. The molecule has 0 saturated carbocycles. The van der Waals surface area contributed by atoms with Crippen molar-refractivity contribution >= 4 is 22.8 Å². The zero-order valence-electron chi connectivity index (χ0n) is 15.1. The molecule has 2 amide bonds. The number of carbonyl (C=O) groups excluding carboxylic acids is 2. The van der Waals surface area contributed by atoms with E-state index in [0.717, 1.165) is 10.9 Å². The van der Waals surface area contributed by atoms with Crippen LogP contribution in [-0.4, -0.2) is 48.4 Å². The molecule has 0 bridgehead atoms. The molecule has 27 heavy (non-hydrogen) atoms. The molecule has 1 aromatic heterocycles. The van der Waals surface area contributed by atoms with E-state index in [4.69, 9.17) is 9.15 Å². The molecule has 0 aliphatic carbocycles. The summed E-state index contributed by atoms with van der Waals surface area (Å²) in [6.45, 7) is 1.60. The number of carbonyl (C=O) groups is 2. The molecule has 2 aromatic carbocycles. The minimum atomic E-state index is -0.277. The average Bonchev–Trinajstić information content (AvgIpc) is 3.14. The summed E-state index contributed by atoms with van der Waals surface area (Å²) in [4.78, 5) is 28.6. The number of fused-ring (bicyclic) bond motifs is 1. The third-order valence-corrected chi connectivity index (χ3v) is 4.76. The van der Waals surface area contributed by atoms with Crippen LogP contribution < -0.4 is 4.74 Å². The van der Waals surface area contributed by atoms with Gasteiger partial charge in [0.1, 0.15) is 6.54 Å². The molecule has 6 heteroatoms. The summed E-state index contributed by atoms with van der Waals surface area (Å²) in [6.07, 6.45) is 0. The van der Waals surface area contributed by atoms with Crippen LogP contribution in [0.4, 0.5) is 0 Å². The van der Waals surface area contributed by atoms with Crippen molar-refractivity contribution < 1.29 is 18.7 Å². The highest BCUT2D eigenvalue weighted by Gasteiger charge is 2.29. The van der Waals surface area contributed by atoms with Gasteiger partial charge >= 0.3 is 0 Å². The molecule has 0 atom stereocenters. The van der Waals surface area contributed by atoms with E-state index < -0.39 is 0 Å². The molecule has 2 heterocycles. The Labute approximate surface area is 156 Å². The summed E-state index contributed by atoms with van der Waals surface area (Å²) in [6, 6.07) is 17.0. The van der Waals surface area contributed by atoms with E-state index in [1.807, 2.05) is 42.5 Å². The monoisotopic (exact) mass is 364 g/mol. The lowest BCUT2D eigenvalue weighted by atomic mass is 10.2. The highest BCUT2D eigenvalue weighted by atomic mass is 16.5. The second-order valence-electron chi connectivity index (χ2n) is 6.52. The van der Waals surface area contributed by atoms with Crippen LogP contribution in [0.5, 0.6) is 5.75 Å². The number of para-hydroxylation sites is 1. The number of benzene rings is 2. The van der Waals surface area contributed by atoms with E-state index in [9.17, 15) is 9.59 Å². The van der Waals surface area contributed by atoms with Crippen LogP contribution in [-0.2, 0) is 11.3 Å². The number of hydrogen-bond donors (Lipinski definition) is 0. The number of methoxy groups -OCH3 is 1. The Morgan fingerprint density at radius 2 is 1.93 bits per heavy atom. The van der Waals surface area contributed by atoms with Gasteiger partial charge in [-0.15, -0.1) is 0 Å². The smallest absolute Gasteiger partial charge is 0.290 e. The standard InChI is InChI=1S/C21H20N2O4/c1-26-17-9-5-8-16-12-18(27-20(16)17)21(25)23-11-10-22(19(24)14-23)13-15-6-3-2-4-7-15/h2-9,12H,10-11,13-14H2,1H3. The number of furan rings is 1. The van der Waals surface area contributed by atoms with Gasteiger partial charge in [-0.25, -0.2) is 0 Å². The van der Waals surface area contributed by atoms with Crippen molar-refractivity contribution in [3.63, 3.8) is 0 Å². The van der Waals surface area contributed by atoms with Crippen LogP contribution in [0.25, 0.3) is 11.0 Å². The first-order valence-corrected chi connectivity index (χ1v) is 8.83. The van der Waals surface area contributed by atoms with Crippen LogP contribution in [0.1, 0.15) is 16.1 Å². The predicted octanol–water partition coefficient (Wildman–Crippen LogP) is 2.93. The van der Waals surface area contributed by atoms with Crippen molar-refractivity contribution in [1.29, 1.82) is 0 Å². The number of rotatable bonds is 4. The minimum absolute atomic E-state index is 0.0554. The summed E-state index contributed by atoms with van der Waals surface area (Å²) in [7, 11) is 1.56. The topological polar surface area (TPSA) is 63.0 Å². The molecule has 4 rings (SSSR count). The highest BCUT2D eigenvalue weighted by molar-refractivity contribution is 5.99. The Morgan fingerprint density at radius 3 is 2.67 bits per heavy atom. The average molecular weight is 364 g/mol. The van der Waals surface area contributed by atoms with Crippen molar-refractivity contribution in [3.8, 4) is 5.75 Å². The van der Waals surface area contributed by atoms with Crippen molar-refractivity contribution in [2.45, 2.75) is 6.54 Å². The van der Waals surface area contributed by atoms with Crippen molar-refractivity contribution in [2.24, 2.45) is 0 Å². The van der Waals surface area contributed by atoms with Gasteiger partial charge in [0.25, 0.3) is 5.91 Å². The van der Waals surface area contributed by atoms with Crippen LogP contribution >= 0.6 is 0 Å². The summed E-state index contributed by atoms with van der Waals surface area (Å²) in [5, 5.41) is 0.798. The molecule has 0 unspecified atom stereocenters. The Balaban J connectivity index is 1.47. The number of nitrogens with zero attached hydrogens (tertiary/aromatic N) is 2. The maximum absolute atomic E-state index is 12.8. The van der Waals surface area contributed by atoms with Crippen LogP contribution in [0.15, 0.2) is 59.0 Å². The second-order valence-corrected chi connectivity index (χ2v) is 6.52. The van der Waals surface area contributed by atoms with Gasteiger partial charge in [-0.1, -0.05) is 42.5 Å². The van der Waals surface area contributed by atoms with E-state index in [2.05, 4.69) is 0 Å². The number of piperazine rings is 1. The second kappa shape index (κ2) is 7.15. The molecule has 1 saturated heterocycles. The lowest BCUT2D eigenvalue weighted by Gasteiger charge is -2.34. The molecular weight excluding hydrogens is 344 g/mol. The molecule has 138 valence electrons. The van der Waals surface area contributed by atoms with E-state index in [1.54, 1.807) is 24.1 Å². The largest absolute Gasteiger partial charge is 0.493 e. The lowest BCUT2D eigenvalue weighted by Crippen LogP contribution is -2.51. The van der Waals surface area contributed by atoms with Gasteiger partial charge in [-0.3, -0.25) is 9.59 Å². The van der Waals surface area contributed by atoms with Crippen molar-refractivity contribution in [2.75, 3.05) is 26.7 Å². The third kappa shape index (κ3) is 3.38. The maximum atomic E-state index is 12.8. The summed E-state index contributed by atoms with van der Waals surface area (Å²) >= 11 is 0. The van der Waals surface area contributed by atoms with Crippen LogP contribution in [0.2, 0.25) is 0 Å². The van der Waals surface area contributed by atoms with Gasteiger partial charge in [0.2, 0.25) is 5.91 Å². The van der Waals surface area contributed by atoms with Crippen molar-refractivity contribution in [1.82, 2.24) is 9.80 Å². The molecular formula is C21H20N2O4. The molecule has 3 aromatic rings. The predicted molar refractivity (Wildman–Crippen MR) is 101 cm³/mol. The Bertz CT molecular complexity index is 980. The third-order valence-electron chi connectivity index (χ3n) is 4.76. The number of hydrogen-bond acceptors (Lipinski definition) is 4. The van der Waals surface area contributed by atoms with Gasteiger partial charge in [0, 0.05) is 25.0 Å². The van der Waals surface area contributed by atoms with Gasteiger partial charge in [-0.2, -0.15) is 0 Å². The fourth-order valence-corrected chi connectivity index (χ4v) is 3.31.